The molecular weight excluding hydrogens is 326 g/mol. The topological polar surface area (TPSA) is 48.4 Å². The molecule has 0 N–H and O–H groups in total. The molecule has 0 bridgehead atoms. The molecule has 2 aromatic carbocycles. The second kappa shape index (κ2) is 6.89. The van der Waals surface area contributed by atoms with Gasteiger partial charge in [0.2, 0.25) is 0 Å². The fraction of sp³-hybridized carbons (Fsp3) is 0.158. The normalized spacial score (nSPS) is 10.6. The molecule has 3 rings (SSSR count). The second-order valence-electron chi connectivity index (χ2n) is 5.44. The highest BCUT2D eigenvalue weighted by Gasteiger charge is 2.13. The molecule has 0 aliphatic carbocycles. The van der Waals surface area contributed by atoms with E-state index in [1.165, 1.54) is 7.11 Å². The zero-order valence-electron chi connectivity index (χ0n) is 13.4. The van der Waals surface area contributed by atoms with Crippen LogP contribution in [-0.2, 0) is 11.3 Å². The number of aromatic nitrogens is 1. The Bertz CT molecular complexity index is 908. The maximum absolute atomic E-state index is 11.8. The number of hydrogen-bond acceptors (Lipinski definition) is 4. The van der Waals surface area contributed by atoms with Crippen molar-refractivity contribution < 1.29 is 14.3 Å². The molecule has 1 heterocycles. The SMILES string of the molecule is COC(=O)c1cc(OCc2cccc(Cl)c2)c2cc(C)ccc2n1. The first-order valence-corrected chi connectivity index (χ1v) is 7.81. The van der Waals surface area contributed by atoms with Gasteiger partial charge < -0.3 is 9.47 Å². The zero-order chi connectivity index (χ0) is 17.1. The number of carbonyl (C=O) groups is 1. The summed E-state index contributed by atoms with van der Waals surface area (Å²) in [6, 6.07) is 14.9. The fourth-order valence-electron chi connectivity index (χ4n) is 2.43. The summed E-state index contributed by atoms with van der Waals surface area (Å²) in [5.74, 6) is 0.0918. The van der Waals surface area contributed by atoms with E-state index in [2.05, 4.69) is 4.98 Å². The quantitative estimate of drug-likeness (QED) is 0.652. The first kappa shape index (κ1) is 16.3. The number of ether oxygens (including phenoxy) is 2. The Balaban J connectivity index is 2.00. The summed E-state index contributed by atoms with van der Waals surface area (Å²) in [6.07, 6.45) is 0. The smallest absolute Gasteiger partial charge is 0.356 e. The van der Waals surface area contributed by atoms with Gasteiger partial charge in [0.05, 0.1) is 12.6 Å². The maximum Gasteiger partial charge on any atom is 0.356 e. The van der Waals surface area contributed by atoms with Gasteiger partial charge in [-0.25, -0.2) is 9.78 Å². The summed E-state index contributed by atoms with van der Waals surface area (Å²) in [6.45, 7) is 2.34. The lowest BCUT2D eigenvalue weighted by Gasteiger charge is -2.11. The number of carbonyl (C=O) groups excluding carboxylic acids is 1. The van der Waals surface area contributed by atoms with Crippen molar-refractivity contribution >= 4 is 28.5 Å². The highest BCUT2D eigenvalue weighted by atomic mass is 35.5. The number of rotatable bonds is 4. The number of hydrogen-bond donors (Lipinski definition) is 0. The van der Waals surface area contributed by atoms with E-state index in [9.17, 15) is 4.79 Å². The molecule has 0 unspecified atom stereocenters. The van der Waals surface area contributed by atoms with Crippen molar-refractivity contribution in [3.05, 3.63) is 70.4 Å². The molecule has 1 aromatic heterocycles. The molecule has 3 aromatic rings. The first-order chi connectivity index (χ1) is 11.6. The van der Waals surface area contributed by atoms with Gasteiger partial charge in [-0.3, -0.25) is 0 Å². The Labute approximate surface area is 145 Å². The minimum absolute atomic E-state index is 0.218. The molecular formula is C19H16ClNO3. The molecule has 0 atom stereocenters. The third-order valence-corrected chi connectivity index (χ3v) is 3.84. The molecule has 0 radical (unpaired) electrons. The lowest BCUT2D eigenvalue weighted by Crippen LogP contribution is -2.06. The van der Waals surface area contributed by atoms with Gasteiger partial charge in [-0.15, -0.1) is 0 Å². The van der Waals surface area contributed by atoms with Crippen molar-refractivity contribution in [2.24, 2.45) is 0 Å². The van der Waals surface area contributed by atoms with Gasteiger partial charge in [-0.05, 0) is 36.8 Å². The van der Waals surface area contributed by atoms with Gasteiger partial charge in [-0.1, -0.05) is 35.4 Å². The minimum atomic E-state index is -0.495. The number of pyridine rings is 1. The number of fused-ring (bicyclic) bond motifs is 1. The number of benzene rings is 2. The van der Waals surface area contributed by atoms with Crippen molar-refractivity contribution in [2.75, 3.05) is 7.11 Å². The molecule has 0 aliphatic rings. The highest BCUT2D eigenvalue weighted by Crippen LogP contribution is 2.28. The van der Waals surface area contributed by atoms with Crippen LogP contribution in [0.2, 0.25) is 5.02 Å². The summed E-state index contributed by atoms with van der Waals surface area (Å²) in [4.78, 5) is 16.2. The van der Waals surface area contributed by atoms with E-state index in [-0.39, 0.29) is 5.69 Å². The molecule has 24 heavy (non-hydrogen) atoms. The molecule has 0 saturated heterocycles. The fourth-order valence-corrected chi connectivity index (χ4v) is 2.64. The largest absolute Gasteiger partial charge is 0.488 e. The molecule has 0 aliphatic heterocycles. The van der Waals surface area contributed by atoms with E-state index in [4.69, 9.17) is 21.1 Å². The molecule has 0 fully saturated rings. The van der Waals surface area contributed by atoms with Crippen LogP contribution in [0, 0.1) is 6.92 Å². The van der Waals surface area contributed by atoms with E-state index in [0.717, 1.165) is 16.5 Å². The standard InChI is InChI=1S/C19H16ClNO3/c1-12-6-7-16-15(8-12)18(10-17(21-16)19(22)23-2)24-11-13-4-3-5-14(20)9-13/h3-10H,11H2,1-2H3. The Morgan fingerprint density at radius 3 is 2.75 bits per heavy atom. The van der Waals surface area contributed by atoms with Crippen LogP contribution in [-0.4, -0.2) is 18.1 Å². The second-order valence-corrected chi connectivity index (χ2v) is 5.87. The highest BCUT2D eigenvalue weighted by molar-refractivity contribution is 6.30. The lowest BCUT2D eigenvalue weighted by atomic mass is 10.1. The minimum Gasteiger partial charge on any atom is -0.488 e. The number of methoxy groups -OCH3 is 1. The zero-order valence-corrected chi connectivity index (χ0v) is 14.1. The van der Waals surface area contributed by atoms with E-state index >= 15 is 0 Å². The summed E-state index contributed by atoms with van der Waals surface area (Å²) in [7, 11) is 1.33. The summed E-state index contributed by atoms with van der Waals surface area (Å²) in [5.41, 5.74) is 2.93. The van der Waals surface area contributed by atoms with Crippen molar-refractivity contribution in [3.63, 3.8) is 0 Å². The van der Waals surface area contributed by atoms with Crippen LogP contribution in [0.5, 0.6) is 5.75 Å². The van der Waals surface area contributed by atoms with Gasteiger partial charge in [0.25, 0.3) is 0 Å². The Morgan fingerprint density at radius 2 is 2.00 bits per heavy atom. The number of aryl methyl sites for hydroxylation is 1. The van der Waals surface area contributed by atoms with Crippen molar-refractivity contribution in [1.82, 2.24) is 4.98 Å². The monoisotopic (exact) mass is 341 g/mol. The Kier molecular flexibility index (Phi) is 4.67. The maximum atomic E-state index is 11.8. The van der Waals surface area contributed by atoms with E-state index < -0.39 is 5.97 Å². The van der Waals surface area contributed by atoms with Crippen LogP contribution in [0.15, 0.2) is 48.5 Å². The van der Waals surface area contributed by atoms with Crippen LogP contribution in [0.4, 0.5) is 0 Å². The predicted octanol–water partition coefficient (Wildman–Crippen LogP) is 4.56. The molecule has 122 valence electrons. The molecule has 4 nitrogen and oxygen atoms in total. The van der Waals surface area contributed by atoms with Crippen molar-refractivity contribution in [1.29, 1.82) is 0 Å². The molecule has 0 saturated carbocycles. The van der Waals surface area contributed by atoms with Crippen molar-refractivity contribution in [3.8, 4) is 5.75 Å². The van der Waals surface area contributed by atoms with Gasteiger partial charge in [0.1, 0.15) is 12.4 Å². The third kappa shape index (κ3) is 3.49. The molecule has 0 amide bonds. The third-order valence-electron chi connectivity index (χ3n) is 3.60. The van der Waals surface area contributed by atoms with Crippen molar-refractivity contribution in [2.45, 2.75) is 13.5 Å². The van der Waals surface area contributed by atoms with Crippen LogP contribution >= 0.6 is 11.6 Å². The van der Waals surface area contributed by atoms with Gasteiger partial charge in [0.15, 0.2) is 5.69 Å². The number of halogens is 1. The molecule has 5 heteroatoms. The van der Waals surface area contributed by atoms with Gasteiger partial charge >= 0.3 is 5.97 Å². The van der Waals surface area contributed by atoms with Crippen LogP contribution < -0.4 is 4.74 Å². The summed E-state index contributed by atoms with van der Waals surface area (Å²) >= 11 is 6.00. The average molecular weight is 342 g/mol. The average Bonchev–Trinajstić information content (AvgIpc) is 2.59. The van der Waals surface area contributed by atoms with Gasteiger partial charge in [0, 0.05) is 16.5 Å². The number of nitrogens with zero attached hydrogens (tertiary/aromatic N) is 1. The summed E-state index contributed by atoms with van der Waals surface area (Å²) in [5, 5.41) is 1.51. The van der Waals surface area contributed by atoms with Crippen LogP contribution in [0.1, 0.15) is 21.6 Å². The Hall–Kier alpha value is -2.59. The van der Waals surface area contributed by atoms with E-state index in [1.54, 1.807) is 6.07 Å². The molecule has 0 spiro atoms. The van der Waals surface area contributed by atoms with Crippen LogP contribution in [0.3, 0.4) is 0 Å². The first-order valence-electron chi connectivity index (χ1n) is 7.44. The van der Waals surface area contributed by atoms with E-state index in [1.807, 2.05) is 49.4 Å². The lowest BCUT2D eigenvalue weighted by molar-refractivity contribution is 0.0594. The Morgan fingerprint density at radius 1 is 1.17 bits per heavy atom. The number of esters is 1. The van der Waals surface area contributed by atoms with Gasteiger partial charge in [-0.2, -0.15) is 0 Å². The summed E-state index contributed by atoms with van der Waals surface area (Å²) < 4.78 is 10.7. The van der Waals surface area contributed by atoms with E-state index in [0.29, 0.717) is 22.9 Å². The van der Waals surface area contributed by atoms with Crippen LogP contribution in [0.25, 0.3) is 10.9 Å². The predicted molar refractivity (Wildman–Crippen MR) is 93.6 cm³/mol.